The third kappa shape index (κ3) is 9.93. The fourth-order valence-electron chi connectivity index (χ4n) is 2.97. The molecule has 0 bridgehead atoms. The summed E-state index contributed by atoms with van der Waals surface area (Å²) in [6.07, 6.45) is 1.88. The summed E-state index contributed by atoms with van der Waals surface area (Å²) >= 11 is 3.47. The molecule has 0 aliphatic carbocycles. The maximum atomic E-state index is 7.68. The van der Waals surface area contributed by atoms with Gasteiger partial charge in [0.15, 0.2) is 0 Å². The SMILES string of the molecule is [Ac].[Ac].[Ac].[Ac].[NH-]c1ccc(Br)c2c1CC[N-]C2.[NH-]c1cccc2c1CC[N-]C2. The predicted octanol–water partition coefficient (Wildman–Crippen LogP) is 6.36. The van der Waals surface area contributed by atoms with Crippen LogP contribution in [0.4, 0.5) is 11.4 Å². The van der Waals surface area contributed by atoms with Gasteiger partial charge in [-0.05, 0) is 18.9 Å². The molecule has 0 unspecified atom stereocenters. The van der Waals surface area contributed by atoms with Gasteiger partial charge in [-0.3, -0.25) is 0 Å². The van der Waals surface area contributed by atoms with E-state index < -0.39 is 0 Å². The Labute approximate surface area is 314 Å². The summed E-state index contributed by atoms with van der Waals surface area (Å²) in [4.78, 5) is 0. The van der Waals surface area contributed by atoms with Crippen LogP contribution in [0, 0.1) is 176 Å². The summed E-state index contributed by atoms with van der Waals surface area (Å²) in [5.74, 6) is 0. The molecular weight excluding hydrogens is 1260 g/mol. The van der Waals surface area contributed by atoms with Crippen molar-refractivity contribution < 1.29 is 176 Å². The van der Waals surface area contributed by atoms with Crippen LogP contribution in [-0.2, 0) is 25.9 Å². The molecule has 2 heterocycles. The van der Waals surface area contributed by atoms with Gasteiger partial charge in [-0.15, -0.1) is 37.6 Å². The van der Waals surface area contributed by atoms with Gasteiger partial charge in [-0.1, -0.05) is 62.4 Å². The standard InChI is InChI=1S/C9H9BrN2.C9H10N2.4Ac/c10-8-1-2-9(11)6-3-4-12-5-7(6)8;10-9-3-1-2-7-6-11-5-4-8(7)9;;;;/h1-2,11H,3-5H2;1-3,10H,4-6H2;;;;/q2*-2;;;;. The molecule has 0 saturated carbocycles. The van der Waals surface area contributed by atoms with Crippen LogP contribution in [0.5, 0.6) is 0 Å². The fraction of sp³-hybridized carbons (Fsp3) is 0.333. The first kappa shape index (κ1) is 33.4. The first-order valence-corrected chi connectivity index (χ1v) is 8.57. The smallest absolute Gasteiger partial charge is 0.0191 e. The van der Waals surface area contributed by atoms with E-state index in [0.29, 0.717) is 11.4 Å². The average molecular weight is 1280 g/mol. The number of rotatable bonds is 0. The molecule has 0 fully saturated rings. The van der Waals surface area contributed by atoms with Crippen LogP contribution in [0.15, 0.2) is 34.8 Å². The Morgan fingerprint density at radius 2 is 1.30 bits per heavy atom. The quantitative estimate of drug-likeness (QED) is 0.295. The maximum absolute atomic E-state index is 7.68. The Balaban J connectivity index is 0. The molecule has 2 aliphatic heterocycles. The average Bonchev–Trinajstić information content (AvgIpc) is 2.60. The number of halogens is 1. The Morgan fingerprint density at radius 3 is 1.93 bits per heavy atom. The monoisotopic (exact) mass is 1280 g/mol. The molecule has 4 radical (unpaired) electrons. The van der Waals surface area contributed by atoms with E-state index in [1.165, 1.54) is 22.3 Å². The van der Waals surface area contributed by atoms with Crippen LogP contribution >= 0.6 is 15.9 Å². The van der Waals surface area contributed by atoms with Crippen molar-refractivity contribution in [2.45, 2.75) is 25.9 Å². The second kappa shape index (κ2) is 17.7. The number of benzene rings is 2. The third-order valence-corrected chi connectivity index (χ3v) is 4.98. The summed E-state index contributed by atoms with van der Waals surface area (Å²) in [6, 6.07) is 9.62. The van der Waals surface area contributed by atoms with E-state index in [1.54, 1.807) is 0 Å². The van der Waals surface area contributed by atoms with Crippen molar-refractivity contribution in [1.82, 2.24) is 0 Å². The summed E-state index contributed by atoms with van der Waals surface area (Å²) in [5.41, 5.74) is 21.4. The van der Waals surface area contributed by atoms with Gasteiger partial charge >= 0.3 is 0 Å². The van der Waals surface area contributed by atoms with E-state index in [-0.39, 0.29) is 176 Å². The van der Waals surface area contributed by atoms with Crippen molar-refractivity contribution in [1.29, 1.82) is 0 Å². The number of fused-ring (bicyclic) bond motifs is 2. The van der Waals surface area contributed by atoms with E-state index in [4.69, 9.17) is 11.5 Å². The zero-order valence-electron chi connectivity index (χ0n) is 15.2. The van der Waals surface area contributed by atoms with Crippen LogP contribution in [0.2, 0.25) is 0 Å². The summed E-state index contributed by atoms with van der Waals surface area (Å²) in [7, 11) is 0. The fourth-order valence-corrected chi connectivity index (χ4v) is 3.47. The Kier molecular flexibility index (Phi) is 21.8. The molecule has 4 rings (SSSR count). The van der Waals surface area contributed by atoms with Gasteiger partial charge in [0.2, 0.25) is 0 Å². The minimum atomic E-state index is 0. The molecule has 134 valence electrons. The van der Waals surface area contributed by atoms with E-state index in [9.17, 15) is 0 Å². The number of hydrogen-bond donors (Lipinski definition) is 0. The second-order valence-corrected chi connectivity index (χ2v) is 6.56. The number of hydrogen-bond acceptors (Lipinski definition) is 0. The molecule has 2 N–H and O–H groups in total. The summed E-state index contributed by atoms with van der Waals surface area (Å²) < 4.78 is 1.09. The molecule has 2 aromatic carbocycles. The van der Waals surface area contributed by atoms with Gasteiger partial charge in [0.1, 0.15) is 0 Å². The number of nitrogens with one attached hydrogen (secondary N) is 2. The Morgan fingerprint density at radius 1 is 0.704 bits per heavy atom. The van der Waals surface area contributed by atoms with Gasteiger partial charge in [0, 0.05) is 181 Å². The first-order chi connectivity index (χ1) is 11.2. The molecule has 9 heteroatoms. The van der Waals surface area contributed by atoms with E-state index in [0.717, 1.165) is 43.5 Å². The van der Waals surface area contributed by atoms with E-state index in [2.05, 4.69) is 32.6 Å². The molecule has 0 atom stereocenters. The predicted molar refractivity (Wildman–Crippen MR) is 99.8 cm³/mol. The van der Waals surface area contributed by atoms with Gasteiger partial charge < -0.3 is 22.1 Å². The van der Waals surface area contributed by atoms with Crippen molar-refractivity contribution in [2.24, 2.45) is 0 Å². The van der Waals surface area contributed by atoms with Crippen molar-refractivity contribution >= 4 is 27.3 Å². The van der Waals surface area contributed by atoms with Gasteiger partial charge in [0.25, 0.3) is 0 Å². The van der Waals surface area contributed by atoms with Gasteiger partial charge in [-0.25, -0.2) is 0 Å². The topological polar surface area (TPSA) is 75.8 Å². The minimum absolute atomic E-state index is 0. The summed E-state index contributed by atoms with van der Waals surface area (Å²) in [5, 5.41) is 8.58. The largest absolute Gasteiger partial charge is 0.698 e. The molecule has 0 amide bonds. The van der Waals surface area contributed by atoms with E-state index >= 15 is 0 Å². The molecule has 4 nitrogen and oxygen atoms in total. The summed E-state index contributed by atoms with van der Waals surface area (Å²) in [6.45, 7) is 3.34. The zero-order valence-corrected chi connectivity index (χ0v) is 35.8. The van der Waals surface area contributed by atoms with E-state index in [1.807, 2.05) is 24.3 Å². The molecule has 0 saturated heterocycles. The second-order valence-electron chi connectivity index (χ2n) is 5.71. The Bertz CT molecular complexity index is 685. The normalized spacial score (nSPS) is 13.5. The van der Waals surface area contributed by atoms with Gasteiger partial charge in [-0.2, -0.15) is 0 Å². The molecule has 27 heavy (non-hydrogen) atoms. The number of nitrogens with zero attached hydrogens (tertiary/aromatic N) is 2. The third-order valence-electron chi connectivity index (χ3n) is 4.24. The van der Waals surface area contributed by atoms with Crippen LogP contribution in [0.1, 0.15) is 22.3 Å². The molecule has 0 spiro atoms. The van der Waals surface area contributed by atoms with Crippen LogP contribution in [0.3, 0.4) is 0 Å². The van der Waals surface area contributed by atoms with Crippen molar-refractivity contribution in [2.75, 3.05) is 13.1 Å². The maximum Gasteiger partial charge on any atom is 0.0191 e. The molecule has 2 aromatic rings. The van der Waals surface area contributed by atoms with Crippen LogP contribution in [-0.4, -0.2) is 13.1 Å². The first-order valence-electron chi connectivity index (χ1n) is 7.77. The van der Waals surface area contributed by atoms with Crippen molar-refractivity contribution in [3.05, 3.63) is 79.2 Å². The van der Waals surface area contributed by atoms with Gasteiger partial charge in [0.05, 0.1) is 0 Å². The Hall–Kier alpha value is 4.21. The molecular formula is C18H19Ac4BrN4-4. The molecule has 2 aliphatic rings. The van der Waals surface area contributed by atoms with Crippen LogP contribution in [0.25, 0.3) is 22.1 Å². The molecule has 0 aromatic heterocycles. The zero-order chi connectivity index (χ0) is 16.2. The van der Waals surface area contributed by atoms with Crippen molar-refractivity contribution in [3.8, 4) is 0 Å². The van der Waals surface area contributed by atoms with Crippen molar-refractivity contribution in [3.63, 3.8) is 0 Å². The van der Waals surface area contributed by atoms with Crippen LogP contribution < -0.4 is 0 Å². The minimum Gasteiger partial charge on any atom is -0.698 e.